The summed E-state index contributed by atoms with van der Waals surface area (Å²) in [6.45, 7) is 17.5. The fourth-order valence-corrected chi connectivity index (χ4v) is 7.78. The van der Waals surface area contributed by atoms with E-state index in [0.29, 0.717) is 5.92 Å². The van der Waals surface area contributed by atoms with E-state index in [-0.39, 0.29) is 28.3 Å². The Morgan fingerprint density at radius 3 is 2.32 bits per heavy atom. The van der Waals surface area contributed by atoms with Crippen LogP contribution in [-0.4, -0.2) is 34.6 Å². The average Bonchev–Trinajstić information content (AvgIpc) is 3.05. The second kappa shape index (κ2) is 6.95. The van der Waals surface area contributed by atoms with Crippen molar-refractivity contribution in [3.05, 3.63) is 28.8 Å². The molecule has 4 nitrogen and oxygen atoms in total. The van der Waals surface area contributed by atoms with Crippen molar-refractivity contribution in [1.82, 2.24) is 0 Å². The number of fused-ring (bicyclic) bond motifs is 3. The predicted molar refractivity (Wildman–Crippen MR) is 123 cm³/mol. The van der Waals surface area contributed by atoms with Crippen molar-refractivity contribution in [2.24, 2.45) is 23.2 Å². The van der Waals surface area contributed by atoms with Crippen LogP contribution in [0.3, 0.4) is 0 Å². The van der Waals surface area contributed by atoms with Gasteiger partial charge >= 0.3 is 0 Å². The first-order valence-corrected chi connectivity index (χ1v) is 12.0. The van der Waals surface area contributed by atoms with Crippen LogP contribution in [0.2, 0.25) is 0 Å². The van der Waals surface area contributed by atoms with Crippen LogP contribution in [0.1, 0.15) is 90.5 Å². The van der Waals surface area contributed by atoms with Gasteiger partial charge in [0, 0.05) is 5.92 Å². The summed E-state index contributed by atoms with van der Waals surface area (Å²) in [6, 6.07) is 4.24. The van der Waals surface area contributed by atoms with Gasteiger partial charge in [-0.3, -0.25) is 0 Å². The van der Waals surface area contributed by atoms with E-state index in [9.17, 15) is 10.2 Å². The first-order chi connectivity index (χ1) is 14.2. The lowest BCUT2D eigenvalue weighted by Crippen LogP contribution is -2.53. The second-order valence-electron chi connectivity index (χ2n) is 11.9. The van der Waals surface area contributed by atoms with Gasteiger partial charge in [-0.05, 0) is 92.4 Å². The summed E-state index contributed by atoms with van der Waals surface area (Å²) in [7, 11) is 1.69. The number of methoxy groups -OCH3 is 1. The van der Waals surface area contributed by atoms with Crippen LogP contribution in [0.5, 0.6) is 5.75 Å². The normalized spacial score (nSPS) is 44.6. The van der Waals surface area contributed by atoms with E-state index in [1.807, 2.05) is 0 Å². The summed E-state index contributed by atoms with van der Waals surface area (Å²) >= 11 is 0. The van der Waals surface area contributed by atoms with Crippen molar-refractivity contribution in [2.45, 2.75) is 103 Å². The number of aliphatic hydroxyl groups excluding tert-OH is 2. The van der Waals surface area contributed by atoms with E-state index in [0.717, 1.165) is 36.1 Å². The molecule has 0 aromatic heterocycles. The van der Waals surface area contributed by atoms with Crippen LogP contribution in [0.4, 0.5) is 0 Å². The molecule has 1 aliphatic heterocycles. The van der Waals surface area contributed by atoms with Crippen LogP contribution in [0, 0.1) is 30.1 Å². The van der Waals surface area contributed by atoms with Crippen molar-refractivity contribution in [3.63, 3.8) is 0 Å². The Morgan fingerprint density at radius 1 is 1.13 bits per heavy atom. The number of benzene rings is 1. The van der Waals surface area contributed by atoms with Gasteiger partial charge in [0.25, 0.3) is 0 Å². The fraction of sp³-hybridized carbons (Fsp3) is 0.778. The Kier molecular flexibility index (Phi) is 5.17. The lowest BCUT2D eigenvalue weighted by atomic mass is 9.51. The van der Waals surface area contributed by atoms with Crippen molar-refractivity contribution in [2.75, 3.05) is 7.11 Å². The maximum atomic E-state index is 11.4. The molecule has 31 heavy (non-hydrogen) atoms. The largest absolute Gasteiger partial charge is 0.496 e. The van der Waals surface area contributed by atoms with Gasteiger partial charge in [0.05, 0.1) is 30.5 Å². The zero-order valence-electron chi connectivity index (χ0n) is 20.9. The SMILES string of the molecule is COc1ccc2c(c1C)C(O)CC1(C)C(C(C)C3(C)OC(C)(C)C(C)C3O)CC[C@@]21C. The zero-order valence-corrected chi connectivity index (χ0v) is 20.9. The lowest BCUT2D eigenvalue weighted by Gasteiger charge is -2.54. The molecule has 1 aromatic carbocycles. The Balaban J connectivity index is 1.77. The van der Waals surface area contributed by atoms with Gasteiger partial charge in [-0.1, -0.05) is 33.8 Å². The number of hydrogen-bond acceptors (Lipinski definition) is 4. The Bertz CT molecular complexity index is 878. The second-order valence-corrected chi connectivity index (χ2v) is 11.9. The molecule has 0 bridgehead atoms. The van der Waals surface area contributed by atoms with Crippen LogP contribution >= 0.6 is 0 Å². The summed E-state index contributed by atoms with van der Waals surface area (Å²) in [5.74, 6) is 1.45. The highest BCUT2D eigenvalue weighted by molar-refractivity contribution is 5.52. The maximum absolute atomic E-state index is 11.4. The first kappa shape index (κ1) is 23.1. The molecule has 1 aromatic rings. The van der Waals surface area contributed by atoms with Gasteiger partial charge in [0.15, 0.2) is 0 Å². The number of rotatable bonds is 3. The Labute approximate surface area is 188 Å². The summed E-state index contributed by atoms with van der Waals surface area (Å²) < 4.78 is 12.2. The van der Waals surface area contributed by atoms with Gasteiger partial charge in [-0.25, -0.2) is 0 Å². The molecule has 4 rings (SSSR count). The van der Waals surface area contributed by atoms with Gasteiger partial charge in [0.2, 0.25) is 0 Å². The molecule has 7 unspecified atom stereocenters. The van der Waals surface area contributed by atoms with E-state index >= 15 is 0 Å². The monoisotopic (exact) mass is 430 g/mol. The minimum Gasteiger partial charge on any atom is -0.496 e. The lowest BCUT2D eigenvalue weighted by molar-refractivity contribution is -0.155. The molecule has 1 saturated heterocycles. The van der Waals surface area contributed by atoms with Crippen molar-refractivity contribution in [1.29, 1.82) is 0 Å². The number of hydrogen-bond donors (Lipinski definition) is 2. The van der Waals surface area contributed by atoms with Crippen LogP contribution < -0.4 is 4.74 Å². The molecule has 174 valence electrons. The smallest absolute Gasteiger partial charge is 0.122 e. The molecule has 0 radical (unpaired) electrons. The molecule has 0 amide bonds. The van der Waals surface area contributed by atoms with Gasteiger partial charge in [-0.2, -0.15) is 0 Å². The quantitative estimate of drug-likeness (QED) is 0.682. The third kappa shape index (κ3) is 2.83. The van der Waals surface area contributed by atoms with Crippen molar-refractivity contribution < 1.29 is 19.7 Å². The van der Waals surface area contributed by atoms with Crippen LogP contribution in [0.15, 0.2) is 12.1 Å². The predicted octanol–water partition coefficient (Wildman–Crippen LogP) is 5.32. The molecule has 8 atom stereocenters. The molecule has 0 spiro atoms. The zero-order chi connectivity index (χ0) is 23.1. The molecular weight excluding hydrogens is 388 g/mol. The van der Waals surface area contributed by atoms with Gasteiger partial charge < -0.3 is 19.7 Å². The molecule has 2 N–H and O–H groups in total. The third-order valence-electron chi connectivity index (χ3n) is 10.4. The molecule has 4 heteroatoms. The topological polar surface area (TPSA) is 58.9 Å². The highest BCUT2D eigenvalue weighted by Crippen LogP contribution is 2.68. The first-order valence-electron chi connectivity index (χ1n) is 12.0. The molecule has 1 saturated carbocycles. The Hall–Kier alpha value is -1.10. The van der Waals surface area contributed by atoms with Gasteiger partial charge in [0.1, 0.15) is 5.75 Å². The Morgan fingerprint density at radius 2 is 1.77 bits per heavy atom. The van der Waals surface area contributed by atoms with E-state index in [1.165, 1.54) is 5.56 Å². The highest BCUT2D eigenvalue weighted by atomic mass is 16.5. The van der Waals surface area contributed by atoms with E-state index in [2.05, 4.69) is 67.5 Å². The van der Waals surface area contributed by atoms with Crippen molar-refractivity contribution in [3.8, 4) is 5.75 Å². The van der Waals surface area contributed by atoms with E-state index < -0.39 is 17.8 Å². The average molecular weight is 431 g/mol. The number of aliphatic hydroxyl groups is 2. The molecular formula is C27H42O4. The summed E-state index contributed by atoms with van der Waals surface area (Å²) in [5.41, 5.74) is 2.34. The summed E-state index contributed by atoms with van der Waals surface area (Å²) in [5, 5.41) is 22.6. The van der Waals surface area contributed by atoms with Crippen LogP contribution in [-0.2, 0) is 10.2 Å². The highest BCUT2D eigenvalue weighted by Gasteiger charge is 2.65. The molecule has 2 aliphatic carbocycles. The van der Waals surface area contributed by atoms with Gasteiger partial charge in [-0.15, -0.1) is 0 Å². The molecule has 3 aliphatic rings. The summed E-state index contributed by atoms with van der Waals surface area (Å²) in [6.07, 6.45) is 1.87. The van der Waals surface area contributed by atoms with Crippen molar-refractivity contribution >= 4 is 0 Å². The minimum atomic E-state index is -0.594. The third-order valence-corrected chi connectivity index (χ3v) is 10.4. The fourth-order valence-electron chi connectivity index (χ4n) is 7.78. The van der Waals surface area contributed by atoms with E-state index in [4.69, 9.17) is 9.47 Å². The van der Waals surface area contributed by atoms with E-state index in [1.54, 1.807) is 7.11 Å². The van der Waals surface area contributed by atoms with Crippen LogP contribution in [0.25, 0.3) is 0 Å². The molecule has 2 fully saturated rings. The number of ether oxygens (including phenoxy) is 2. The minimum absolute atomic E-state index is 0.0292. The molecule has 1 heterocycles. The standard InChI is InChI=1S/C27H42O4/c1-15-21(30-9)11-10-19-22(15)20(28)14-26(7)18(12-13-25(19,26)6)16(2)27(8)23(29)17(3)24(4,5)31-27/h10-11,16-18,20,23,28-29H,12-14H2,1-9H3/t16?,17?,18?,20?,23?,25-,26?,27?/m0/s1. The maximum Gasteiger partial charge on any atom is 0.122 e. The summed E-state index contributed by atoms with van der Waals surface area (Å²) in [4.78, 5) is 0.